The summed E-state index contributed by atoms with van der Waals surface area (Å²) in [4.78, 5) is 16.2. The van der Waals surface area contributed by atoms with E-state index in [0.29, 0.717) is 12.1 Å². The molecule has 5 nitrogen and oxygen atoms in total. The Bertz CT molecular complexity index is 692. The van der Waals surface area contributed by atoms with Crippen molar-refractivity contribution in [2.45, 2.75) is 13.0 Å². The van der Waals surface area contributed by atoms with Crippen molar-refractivity contribution in [3.05, 3.63) is 70.2 Å². The van der Waals surface area contributed by atoms with Crippen LogP contribution in [-0.4, -0.2) is 32.0 Å². The molecule has 2 rings (SSSR count). The molecule has 26 heavy (non-hydrogen) atoms. The maximum atomic E-state index is 12.0. The van der Waals surface area contributed by atoms with Crippen LogP contribution in [0.25, 0.3) is 0 Å². The van der Waals surface area contributed by atoms with E-state index < -0.39 is 0 Å². The van der Waals surface area contributed by atoms with E-state index in [9.17, 15) is 4.79 Å². The normalized spacial score (nSPS) is 10.6. The second kappa shape index (κ2) is 12.7. The molecule has 0 spiro atoms. The van der Waals surface area contributed by atoms with Gasteiger partial charge in [0.05, 0.1) is 0 Å². The minimum absolute atomic E-state index is 0. The monoisotopic (exact) mass is 530 g/mol. The van der Waals surface area contributed by atoms with Crippen molar-refractivity contribution in [3.8, 4) is 0 Å². The lowest BCUT2D eigenvalue weighted by molar-refractivity contribution is 0.0953. The number of nitrogens with one attached hydrogen (secondary N) is 3. The minimum Gasteiger partial charge on any atom is -0.356 e. The quantitative estimate of drug-likeness (QED) is 0.222. The van der Waals surface area contributed by atoms with Gasteiger partial charge in [-0.05, 0) is 36.2 Å². The predicted octanol–water partition coefficient (Wildman–Crippen LogP) is 3.55. The first kappa shape index (κ1) is 22.4. The summed E-state index contributed by atoms with van der Waals surface area (Å²) < 4.78 is 0.961. The van der Waals surface area contributed by atoms with Gasteiger partial charge in [-0.1, -0.05) is 46.3 Å². The molecule has 0 aliphatic carbocycles. The molecule has 0 aliphatic rings. The number of aliphatic imine (C=N–C) groups is 1. The van der Waals surface area contributed by atoms with Crippen molar-refractivity contribution in [1.82, 2.24) is 16.0 Å². The zero-order valence-electron chi connectivity index (χ0n) is 14.7. The molecule has 0 saturated carbocycles. The second-order valence-corrected chi connectivity index (χ2v) is 6.37. The van der Waals surface area contributed by atoms with Gasteiger partial charge in [-0.3, -0.25) is 9.79 Å². The molecule has 0 saturated heterocycles. The van der Waals surface area contributed by atoms with Gasteiger partial charge in [-0.2, -0.15) is 0 Å². The Balaban J connectivity index is 0.00000338. The van der Waals surface area contributed by atoms with E-state index in [1.165, 1.54) is 5.56 Å². The Kier molecular flexibility index (Phi) is 11.0. The van der Waals surface area contributed by atoms with Crippen LogP contribution in [0.3, 0.4) is 0 Å². The molecule has 1 amide bonds. The van der Waals surface area contributed by atoms with E-state index in [4.69, 9.17) is 0 Å². The summed E-state index contributed by atoms with van der Waals surface area (Å²) in [5.74, 6) is 0.696. The molecule has 0 radical (unpaired) electrons. The number of nitrogens with zero attached hydrogens (tertiary/aromatic N) is 1. The van der Waals surface area contributed by atoms with Gasteiger partial charge in [0.15, 0.2) is 5.96 Å². The van der Waals surface area contributed by atoms with Crippen LogP contribution in [0.4, 0.5) is 0 Å². The number of halogens is 2. The minimum atomic E-state index is -0.0564. The number of guanidine groups is 1. The van der Waals surface area contributed by atoms with Crippen LogP contribution >= 0.6 is 39.9 Å². The zero-order chi connectivity index (χ0) is 17.9. The number of amides is 1. The predicted molar refractivity (Wildman–Crippen MR) is 121 cm³/mol. The van der Waals surface area contributed by atoms with Crippen molar-refractivity contribution >= 4 is 51.8 Å². The van der Waals surface area contributed by atoms with Crippen molar-refractivity contribution in [2.24, 2.45) is 4.99 Å². The van der Waals surface area contributed by atoms with Gasteiger partial charge in [0.25, 0.3) is 5.91 Å². The van der Waals surface area contributed by atoms with E-state index in [2.05, 4.69) is 49.0 Å². The van der Waals surface area contributed by atoms with Gasteiger partial charge in [-0.25, -0.2) is 0 Å². The van der Waals surface area contributed by atoms with Crippen LogP contribution < -0.4 is 16.0 Å². The fourth-order valence-corrected chi connectivity index (χ4v) is 2.47. The van der Waals surface area contributed by atoms with Crippen LogP contribution in [0.5, 0.6) is 0 Å². The molecule has 0 bridgehead atoms. The van der Waals surface area contributed by atoms with E-state index in [0.717, 1.165) is 29.9 Å². The highest BCUT2D eigenvalue weighted by Gasteiger charge is 2.04. The largest absolute Gasteiger partial charge is 0.356 e. The summed E-state index contributed by atoms with van der Waals surface area (Å²) in [5.41, 5.74) is 1.86. The molecule has 3 N–H and O–H groups in total. The smallest absolute Gasteiger partial charge is 0.251 e. The summed E-state index contributed by atoms with van der Waals surface area (Å²) in [5, 5.41) is 9.42. The van der Waals surface area contributed by atoms with Crippen LogP contribution in [0.2, 0.25) is 0 Å². The van der Waals surface area contributed by atoms with E-state index in [1.54, 1.807) is 19.2 Å². The number of rotatable bonds is 7. The Morgan fingerprint density at radius 1 is 0.962 bits per heavy atom. The SMILES string of the molecule is CN=C(NCCCNC(=O)c1ccc(Br)cc1)NCc1ccccc1.I. The molecule has 2 aromatic carbocycles. The molecule has 0 atom stereocenters. The average molecular weight is 531 g/mol. The Morgan fingerprint density at radius 2 is 1.62 bits per heavy atom. The molecule has 7 heteroatoms. The third kappa shape index (κ3) is 8.18. The fourth-order valence-electron chi connectivity index (χ4n) is 2.20. The summed E-state index contributed by atoms with van der Waals surface area (Å²) >= 11 is 3.36. The number of hydrogen-bond donors (Lipinski definition) is 3. The van der Waals surface area contributed by atoms with Gasteiger partial charge in [0, 0.05) is 36.7 Å². The van der Waals surface area contributed by atoms with Gasteiger partial charge in [0.2, 0.25) is 0 Å². The maximum Gasteiger partial charge on any atom is 0.251 e. The van der Waals surface area contributed by atoms with Crippen LogP contribution in [0.1, 0.15) is 22.3 Å². The fraction of sp³-hybridized carbons (Fsp3) is 0.263. The van der Waals surface area contributed by atoms with E-state index in [-0.39, 0.29) is 29.9 Å². The Hall–Kier alpha value is -1.61. The molecule has 0 aliphatic heterocycles. The molecule has 0 heterocycles. The first-order valence-corrected chi connectivity index (χ1v) is 9.00. The third-order valence-corrected chi connectivity index (χ3v) is 4.09. The average Bonchev–Trinajstić information content (AvgIpc) is 2.65. The first-order valence-electron chi connectivity index (χ1n) is 8.21. The highest BCUT2D eigenvalue weighted by atomic mass is 127. The summed E-state index contributed by atoms with van der Waals surface area (Å²) in [7, 11) is 1.75. The van der Waals surface area contributed by atoms with Crippen LogP contribution in [0.15, 0.2) is 64.1 Å². The summed E-state index contributed by atoms with van der Waals surface area (Å²) in [6, 6.07) is 17.5. The second-order valence-electron chi connectivity index (χ2n) is 5.45. The van der Waals surface area contributed by atoms with Crippen molar-refractivity contribution in [3.63, 3.8) is 0 Å². The Morgan fingerprint density at radius 3 is 2.27 bits per heavy atom. The number of benzene rings is 2. The molecule has 0 unspecified atom stereocenters. The lowest BCUT2D eigenvalue weighted by Gasteiger charge is -2.12. The van der Waals surface area contributed by atoms with Gasteiger partial charge in [-0.15, -0.1) is 24.0 Å². The van der Waals surface area contributed by atoms with Gasteiger partial charge >= 0.3 is 0 Å². The highest BCUT2D eigenvalue weighted by molar-refractivity contribution is 14.0. The van der Waals surface area contributed by atoms with Crippen molar-refractivity contribution in [2.75, 3.05) is 20.1 Å². The van der Waals surface area contributed by atoms with E-state index in [1.807, 2.05) is 30.3 Å². The standard InChI is InChI=1S/C19H23BrN4O.HI/c1-21-19(24-14-15-6-3-2-4-7-15)23-13-5-12-22-18(25)16-8-10-17(20)11-9-16;/h2-4,6-11H,5,12-14H2,1H3,(H,22,25)(H2,21,23,24);1H. The highest BCUT2D eigenvalue weighted by Crippen LogP contribution is 2.10. The number of carbonyl (C=O) groups is 1. The molecule has 0 aromatic heterocycles. The number of hydrogen-bond acceptors (Lipinski definition) is 2. The maximum absolute atomic E-state index is 12.0. The molecular weight excluding hydrogens is 507 g/mol. The van der Waals surface area contributed by atoms with Gasteiger partial charge < -0.3 is 16.0 Å². The lowest BCUT2D eigenvalue weighted by atomic mass is 10.2. The van der Waals surface area contributed by atoms with Gasteiger partial charge in [0.1, 0.15) is 0 Å². The van der Waals surface area contributed by atoms with Crippen LogP contribution in [-0.2, 0) is 6.54 Å². The lowest BCUT2D eigenvalue weighted by Crippen LogP contribution is -2.38. The van der Waals surface area contributed by atoms with Crippen LogP contribution in [0, 0.1) is 0 Å². The molecule has 0 fully saturated rings. The summed E-state index contributed by atoms with van der Waals surface area (Å²) in [6.07, 6.45) is 0.814. The van der Waals surface area contributed by atoms with Crippen molar-refractivity contribution < 1.29 is 4.79 Å². The number of carbonyl (C=O) groups excluding carboxylic acids is 1. The van der Waals surface area contributed by atoms with Crippen molar-refractivity contribution in [1.29, 1.82) is 0 Å². The van der Waals surface area contributed by atoms with E-state index >= 15 is 0 Å². The first-order chi connectivity index (χ1) is 12.2. The molecule has 2 aromatic rings. The zero-order valence-corrected chi connectivity index (χ0v) is 18.6. The molecule has 140 valence electrons. The Labute approximate surface area is 180 Å². The molecular formula is C19H24BrIN4O. The topological polar surface area (TPSA) is 65.5 Å². The summed E-state index contributed by atoms with van der Waals surface area (Å²) in [6.45, 7) is 2.06. The third-order valence-electron chi connectivity index (χ3n) is 3.56.